The molecule has 1 amide bonds. The summed E-state index contributed by atoms with van der Waals surface area (Å²) in [5.41, 5.74) is 10.2. The lowest BCUT2D eigenvalue weighted by molar-refractivity contribution is 0.0837. The summed E-state index contributed by atoms with van der Waals surface area (Å²) in [4.78, 5) is 37.2. The smallest absolute Gasteiger partial charge is 0.412 e. The maximum atomic E-state index is 13.0. The van der Waals surface area contributed by atoms with Crippen LogP contribution in [0, 0.1) is 5.92 Å². The van der Waals surface area contributed by atoms with Gasteiger partial charge < -0.3 is 30.5 Å². The van der Waals surface area contributed by atoms with Crippen LogP contribution in [0.2, 0.25) is 0 Å². The largest absolute Gasteiger partial charge is 0.506 e. The Morgan fingerprint density at radius 2 is 1.79 bits per heavy atom. The highest BCUT2D eigenvalue weighted by Crippen LogP contribution is 2.39. The topological polar surface area (TPSA) is 154 Å². The van der Waals surface area contributed by atoms with Gasteiger partial charge in [0.2, 0.25) is 5.56 Å². The van der Waals surface area contributed by atoms with Gasteiger partial charge in [-0.25, -0.2) is 15.3 Å². The number of aryl methyl sites for hydroxylation is 1. The minimum atomic E-state index is -0.901. The van der Waals surface area contributed by atoms with Crippen molar-refractivity contribution in [2.45, 2.75) is 44.4 Å². The van der Waals surface area contributed by atoms with Crippen LogP contribution in [0.3, 0.4) is 0 Å². The van der Waals surface area contributed by atoms with E-state index in [1.807, 2.05) is 53.6 Å². The van der Waals surface area contributed by atoms with Gasteiger partial charge in [0.15, 0.2) is 0 Å². The molecule has 0 aliphatic carbocycles. The molecule has 2 bridgehead atoms. The van der Waals surface area contributed by atoms with E-state index in [-0.39, 0.29) is 23.9 Å². The molecule has 0 radical (unpaired) electrons. The first-order valence-electron chi connectivity index (χ1n) is 18.3. The van der Waals surface area contributed by atoms with Gasteiger partial charge in [-0.05, 0) is 97.3 Å². The van der Waals surface area contributed by atoms with Gasteiger partial charge in [0.25, 0.3) is 0 Å². The summed E-state index contributed by atoms with van der Waals surface area (Å²) >= 11 is 0. The Labute approximate surface area is 307 Å². The number of nitrogens with zero attached hydrogens (tertiary/aromatic N) is 3. The van der Waals surface area contributed by atoms with Crippen LogP contribution in [-0.4, -0.2) is 70.1 Å². The summed E-state index contributed by atoms with van der Waals surface area (Å²) in [5.74, 6) is 0.323. The lowest BCUT2D eigenvalue weighted by atomic mass is 9.82. The van der Waals surface area contributed by atoms with E-state index in [2.05, 4.69) is 38.9 Å². The molecule has 53 heavy (non-hydrogen) atoms. The number of hydrogen-bond donors (Lipinski definition) is 6. The minimum Gasteiger partial charge on any atom is -0.506 e. The maximum absolute atomic E-state index is 13.0. The lowest BCUT2D eigenvalue weighted by Gasteiger charge is -2.48. The highest BCUT2D eigenvalue weighted by molar-refractivity contribution is 5.94. The quantitative estimate of drug-likeness (QED) is 0.0905. The number of nitrogens with one attached hydrogen (secondary N) is 3. The van der Waals surface area contributed by atoms with Gasteiger partial charge in [-0.15, -0.1) is 0 Å². The van der Waals surface area contributed by atoms with Crippen molar-refractivity contribution in [2.24, 2.45) is 5.92 Å². The maximum Gasteiger partial charge on any atom is 0.412 e. The van der Waals surface area contributed by atoms with E-state index < -0.39 is 12.2 Å². The number of aromatic hydroxyl groups is 1. The molecule has 4 aromatic carbocycles. The average Bonchev–Trinajstić information content (AvgIpc) is 3.58. The third-order valence-electron chi connectivity index (χ3n) is 10.9. The first kappa shape index (κ1) is 34.7. The molecule has 3 fully saturated rings. The molecule has 2 atom stereocenters. The van der Waals surface area contributed by atoms with Crippen molar-refractivity contribution < 1.29 is 25.1 Å². The number of carboxylic acid groups (broad SMARTS) is 1. The van der Waals surface area contributed by atoms with E-state index in [4.69, 9.17) is 4.94 Å². The van der Waals surface area contributed by atoms with Gasteiger partial charge in [0.05, 0.1) is 34.7 Å². The molecule has 0 saturated carbocycles. The molecule has 6 N–H and O–H groups in total. The second kappa shape index (κ2) is 14.9. The third kappa shape index (κ3) is 7.18. The zero-order chi connectivity index (χ0) is 36.5. The normalized spacial score (nSPS) is 19.6. The van der Waals surface area contributed by atoms with Gasteiger partial charge in [0.1, 0.15) is 5.75 Å². The number of aliphatic hydroxyl groups excluding tert-OH is 1. The number of benzene rings is 4. The van der Waals surface area contributed by atoms with Crippen LogP contribution in [-0.2, 0) is 17.9 Å². The molecule has 12 heteroatoms. The molecule has 12 nitrogen and oxygen atoms in total. The van der Waals surface area contributed by atoms with E-state index >= 15 is 0 Å². The molecule has 9 rings (SSSR count). The Morgan fingerprint density at radius 3 is 2.57 bits per heavy atom. The number of fused-ring (bicyclic) bond motifs is 5. The van der Waals surface area contributed by atoms with Gasteiger partial charge >= 0.3 is 6.09 Å². The lowest BCUT2D eigenvalue weighted by Crippen LogP contribution is -2.59. The monoisotopic (exact) mass is 716 g/mol. The van der Waals surface area contributed by atoms with Crippen LogP contribution in [0.15, 0.2) is 95.8 Å². The number of phenols is 1. The van der Waals surface area contributed by atoms with E-state index in [0.29, 0.717) is 35.5 Å². The number of phenolic OH excluding ortho intramolecular Hbond substituents is 1. The van der Waals surface area contributed by atoms with Gasteiger partial charge in [-0.3, -0.25) is 9.69 Å². The Hall–Kier alpha value is -5.40. The average molecular weight is 717 g/mol. The van der Waals surface area contributed by atoms with Crippen LogP contribution < -0.4 is 26.3 Å². The number of hydrogen-bond acceptors (Lipinski definition) is 9. The van der Waals surface area contributed by atoms with E-state index in [1.54, 1.807) is 17.0 Å². The predicted octanol–water partition coefficient (Wildman–Crippen LogP) is 6.01. The molecule has 1 aromatic heterocycles. The molecule has 3 saturated heterocycles. The molecule has 4 aliphatic rings. The first-order chi connectivity index (χ1) is 25.8. The fourth-order valence-corrected chi connectivity index (χ4v) is 8.20. The van der Waals surface area contributed by atoms with Crippen LogP contribution in [0.4, 0.5) is 21.9 Å². The zero-order valence-electron chi connectivity index (χ0n) is 29.4. The van der Waals surface area contributed by atoms with Crippen molar-refractivity contribution in [3.8, 4) is 16.9 Å². The molecule has 5 aromatic rings. The number of hydroxylamine groups is 1. The molecular weight excluding hydrogens is 672 g/mol. The second-order valence-corrected chi connectivity index (χ2v) is 14.3. The van der Waals surface area contributed by atoms with Gasteiger partial charge in [0, 0.05) is 43.2 Å². The van der Waals surface area contributed by atoms with Gasteiger partial charge in [-0.1, -0.05) is 54.6 Å². The summed E-state index contributed by atoms with van der Waals surface area (Å²) < 4.78 is 0. The predicted molar refractivity (Wildman–Crippen MR) is 205 cm³/mol. The van der Waals surface area contributed by atoms with Crippen molar-refractivity contribution in [1.29, 1.82) is 0 Å². The SMILES string of the molecule is O=C(O)N(c1cc(CCCN2ONc3cc(CNC[C@H](O)c4ccc(O)c5[nH]c(=O)ccc45)ccc32)ccc1-c1ccccc1)[C@H]1CN2CCC1CC2. The molecular formula is C41H44N6O6. The standard InChI is InChI=1S/C41H44N6O6/c48-37-14-11-31(32-12-15-39(50)43-40(32)37)38(49)24-42-23-27-9-13-34-33(21-27)44-53-46(34)18-4-5-26-8-10-30(28-6-2-1-3-7-28)35(22-26)47(41(51)52)36-25-45-19-16-29(36)17-20-45/h1-3,6-15,21-22,29,36,38,42,44,48-49H,4-5,16-20,23-25H2,(H,43,50)(H,51,52)/t36-,38-/m0/s1. The Balaban J connectivity index is 0.907. The summed E-state index contributed by atoms with van der Waals surface area (Å²) in [5, 5.41) is 37.4. The molecule has 0 spiro atoms. The summed E-state index contributed by atoms with van der Waals surface area (Å²) in [7, 11) is 0. The second-order valence-electron chi connectivity index (χ2n) is 14.3. The fraction of sp³-hybridized carbons (Fsp3) is 0.317. The van der Waals surface area contributed by atoms with Crippen LogP contribution >= 0.6 is 0 Å². The zero-order valence-corrected chi connectivity index (χ0v) is 29.4. The van der Waals surface area contributed by atoms with Crippen molar-refractivity contribution in [3.63, 3.8) is 0 Å². The molecule has 0 unspecified atom stereocenters. The van der Waals surface area contributed by atoms with Crippen LogP contribution in [0.5, 0.6) is 5.75 Å². The fourth-order valence-electron chi connectivity index (χ4n) is 8.20. The number of piperidine rings is 3. The number of aliphatic hydroxyl groups is 1. The molecule has 4 aliphatic heterocycles. The number of pyridine rings is 1. The van der Waals surface area contributed by atoms with Gasteiger partial charge in [-0.2, -0.15) is 4.94 Å². The summed E-state index contributed by atoms with van der Waals surface area (Å²) in [6.07, 6.45) is 1.85. The van der Waals surface area contributed by atoms with Crippen molar-refractivity contribution >= 4 is 34.1 Å². The number of anilines is 3. The van der Waals surface area contributed by atoms with Crippen LogP contribution in [0.1, 0.15) is 42.1 Å². The summed E-state index contributed by atoms with van der Waals surface area (Å²) in [6.45, 7) is 4.27. The number of rotatable bonds is 12. The molecule has 5 heterocycles. The van der Waals surface area contributed by atoms with E-state index in [0.717, 1.165) is 84.6 Å². The third-order valence-corrected chi connectivity index (χ3v) is 10.9. The first-order valence-corrected chi connectivity index (χ1v) is 18.3. The van der Waals surface area contributed by atoms with E-state index in [1.165, 1.54) is 12.1 Å². The Kier molecular flexibility index (Phi) is 9.76. The summed E-state index contributed by atoms with van der Waals surface area (Å²) in [6, 6.07) is 28.4. The number of aromatic nitrogens is 1. The number of carbonyl (C=O) groups is 1. The minimum absolute atomic E-state index is 0.0444. The highest BCUT2D eigenvalue weighted by atomic mass is 16.8. The van der Waals surface area contributed by atoms with Crippen molar-refractivity contribution in [3.05, 3.63) is 118 Å². The van der Waals surface area contributed by atoms with Crippen molar-refractivity contribution in [2.75, 3.05) is 48.2 Å². The number of amides is 1. The molecule has 274 valence electrons. The Morgan fingerprint density at radius 1 is 0.981 bits per heavy atom. The van der Waals surface area contributed by atoms with E-state index in [9.17, 15) is 24.9 Å². The highest BCUT2D eigenvalue weighted by Gasteiger charge is 2.41. The Bertz CT molecular complexity index is 2170. The van der Waals surface area contributed by atoms with Crippen molar-refractivity contribution in [1.82, 2.24) is 15.2 Å². The number of aromatic amines is 1. The van der Waals surface area contributed by atoms with Crippen LogP contribution in [0.25, 0.3) is 22.0 Å². The number of H-pyrrole nitrogens is 1.